The fraction of sp³-hybridized carbons (Fsp3) is 0.321. The van der Waals surface area contributed by atoms with Gasteiger partial charge in [0.05, 0.1) is 5.60 Å². The minimum atomic E-state index is -0.964. The minimum Gasteiger partial charge on any atom is -0.386 e. The van der Waals surface area contributed by atoms with Gasteiger partial charge >= 0.3 is 0 Å². The molecule has 4 aromatic rings. The lowest BCUT2D eigenvalue weighted by atomic mass is 9.95. The molecular formula is C28H28N4O2. The number of amides is 1. The fourth-order valence-electron chi connectivity index (χ4n) is 4.90. The summed E-state index contributed by atoms with van der Waals surface area (Å²) in [4.78, 5) is 26.7. The Labute approximate surface area is 198 Å². The van der Waals surface area contributed by atoms with Crippen LogP contribution in [0, 0.1) is 0 Å². The fourth-order valence-corrected chi connectivity index (χ4v) is 4.90. The molecule has 1 saturated carbocycles. The number of anilines is 1. The first-order valence-electron chi connectivity index (χ1n) is 12.0. The summed E-state index contributed by atoms with van der Waals surface area (Å²) in [6.45, 7) is 4.36. The van der Waals surface area contributed by atoms with Crippen molar-refractivity contribution < 1.29 is 9.90 Å². The Morgan fingerprint density at radius 1 is 1.03 bits per heavy atom. The van der Waals surface area contributed by atoms with Crippen molar-refractivity contribution >= 4 is 22.6 Å². The van der Waals surface area contributed by atoms with Crippen molar-refractivity contribution in [2.45, 2.75) is 51.0 Å². The molecule has 2 N–H and O–H groups in total. The van der Waals surface area contributed by atoms with Gasteiger partial charge in [-0.1, -0.05) is 12.1 Å². The van der Waals surface area contributed by atoms with Gasteiger partial charge in [0.25, 0.3) is 0 Å². The average Bonchev–Trinajstić information content (AvgIpc) is 3.48. The van der Waals surface area contributed by atoms with Crippen LogP contribution in [0.15, 0.2) is 55.0 Å². The molecule has 1 aliphatic carbocycles. The van der Waals surface area contributed by atoms with Gasteiger partial charge in [-0.25, -0.2) is 4.98 Å². The number of hydrogen-bond donors (Lipinski definition) is 2. The third-order valence-corrected chi connectivity index (χ3v) is 6.98. The molecule has 0 atom stereocenters. The molecule has 0 spiro atoms. The first-order valence-corrected chi connectivity index (χ1v) is 12.0. The van der Waals surface area contributed by atoms with E-state index in [1.165, 1.54) is 18.5 Å². The summed E-state index contributed by atoms with van der Waals surface area (Å²) in [6, 6.07) is 12.4. The number of fused-ring (bicyclic) bond motifs is 1. The van der Waals surface area contributed by atoms with Crippen LogP contribution in [-0.2, 0) is 10.4 Å². The van der Waals surface area contributed by atoms with Gasteiger partial charge < -0.3 is 15.0 Å². The van der Waals surface area contributed by atoms with Gasteiger partial charge in [-0.2, -0.15) is 0 Å². The van der Waals surface area contributed by atoms with Gasteiger partial charge in [-0.05, 0) is 68.9 Å². The Kier molecular flexibility index (Phi) is 4.81. The van der Waals surface area contributed by atoms with Crippen LogP contribution in [0.3, 0.4) is 0 Å². The lowest BCUT2D eigenvalue weighted by Crippen LogP contribution is -2.23. The third kappa shape index (κ3) is 3.68. The third-order valence-electron chi connectivity index (χ3n) is 6.98. The number of nitrogens with zero attached hydrogens (tertiary/aromatic N) is 3. The summed E-state index contributed by atoms with van der Waals surface area (Å²) in [6.07, 6.45) is 9.43. The molecule has 1 aromatic carbocycles. The van der Waals surface area contributed by atoms with Crippen molar-refractivity contribution in [2.24, 2.45) is 0 Å². The number of nitrogens with one attached hydrogen (secondary N) is 1. The summed E-state index contributed by atoms with van der Waals surface area (Å²) in [7, 11) is 0. The summed E-state index contributed by atoms with van der Waals surface area (Å²) >= 11 is 0. The Morgan fingerprint density at radius 2 is 1.79 bits per heavy atom. The van der Waals surface area contributed by atoms with E-state index in [0.717, 1.165) is 57.5 Å². The molecule has 4 heterocycles. The molecule has 6 heteroatoms. The second-order valence-corrected chi connectivity index (χ2v) is 10.0. The number of aromatic amines is 1. The quantitative estimate of drug-likeness (QED) is 0.417. The molecule has 3 aromatic heterocycles. The molecule has 34 heavy (non-hydrogen) atoms. The normalized spacial score (nSPS) is 16.6. The zero-order valence-corrected chi connectivity index (χ0v) is 19.5. The molecular weight excluding hydrogens is 424 g/mol. The topological polar surface area (TPSA) is 82.1 Å². The first-order chi connectivity index (χ1) is 16.4. The molecule has 6 rings (SSSR count). The van der Waals surface area contributed by atoms with Gasteiger partial charge in [0, 0.05) is 70.6 Å². The summed E-state index contributed by atoms with van der Waals surface area (Å²) in [5, 5.41) is 11.6. The van der Waals surface area contributed by atoms with Crippen LogP contribution in [0.25, 0.3) is 33.3 Å². The smallest absolute Gasteiger partial charge is 0.227 e. The number of carbonyl (C=O) groups excluding carboxylic acids is 1. The zero-order chi connectivity index (χ0) is 23.4. The van der Waals surface area contributed by atoms with E-state index in [1.807, 2.05) is 29.4 Å². The standard InChI is InChI=1S/C28H28N4O2/c1-28(2,34)21-13-23-25(26(18-5-6-18)31-27(23)30-16-21)20-12-19(14-29-15-20)17-7-9-22(10-8-17)32-11-3-4-24(32)33/h7-10,12-16,18,34H,3-6,11H2,1-2H3,(H,30,31). The lowest BCUT2D eigenvalue weighted by Gasteiger charge is -2.17. The van der Waals surface area contributed by atoms with Crippen LogP contribution in [0.4, 0.5) is 5.69 Å². The molecule has 0 radical (unpaired) electrons. The maximum Gasteiger partial charge on any atom is 0.227 e. The maximum atomic E-state index is 12.1. The average molecular weight is 453 g/mol. The second-order valence-electron chi connectivity index (χ2n) is 10.0. The predicted octanol–water partition coefficient (Wildman–Crippen LogP) is 5.52. The van der Waals surface area contributed by atoms with E-state index in [1.54, 1.807) is 20.0 Å². The van der Waals surface area contributed by atoms with E-state index in [4.69, 9.17) is 0 Å². The molecule has 6 nitrogen and oxygen atoms in total. The van der Waals surface area contributed by atoms with E-state index in [0.29, 0.717) is 12.3 Å². The maximum absolute atomic E-state index is 12.1. The highest BCUT2D eigenvalue weighted by Crippen LogP contribution is 2.47. The number of rotatable bonds is 5. The summed E-state index contributed by atoms with van der Waals surface area (Å²) in [5.74, 6) is 0.707. The van der Waals surface area contributed by atoms with Crippen molar-refractivity contribution in [3.05, 3.63) is 66.2 Å². The predicted molar refractivity (Wildman–Crippen MR) is 134 cm³/mol. The molecule has 1 saturated heterocycles. The summed E-state index contributed by atoms with van der Waals surface area (Å²) in [5.41, 5.74) is 7.09. The summed E-state index contributed by atoms with van der Waals surface area (Å²) < 4.78 is 0. The molecule has 2 fully saturated rings. The van der Waals surface area contributed by atoms with Gasteiger partial charge in [-0.3, -0.25) is 9.78 Å². The Hall–Kier alpha value is -3.51. The minimum absolute atomic E-state index is 0.197. The van der Waals surface area contributed by atoms with Gasteiger partial charge in [0.1, 0.15) is 5.65 Å². The van der Waals surface area contributed by atoms with Crippen molar-refractivity contribution in [3.63, 3.8) is 0 Å². The van der Waals surface area contributed by atoms with Crippen molar-refractivity contribution in [1.82, 2.24) is 15.0 Å². The number of hydrogen-bond acceptors (Lipinski definition) is 4. The van der Waals surface area contributed by atoms with Crippen LogP contribution in [0.1, 0.15) is 56.7 Å². The molecule has 1 amide bonds. The monoisotopic (exact) mass is 452 g/mol. The number of pyridine rings is 2. The molecule has 1 aliphatic heterocycles. The van der Waals surface area contributed by atoms with E-state index in [2.05, 4.69) is 39.2 Å². The number of benzene rings is 1. The van der Waals surface area contributed by atoms with E-state index in [-0.39, 0.29) is 5.91 Å². The molecule has 2 aliphatic rings. The highest BCUT2D eigenvalue weighted by molar-refractivity contribution is 5.97. The van der Waals surface area contributed by atoms with E-state index < -0.39 is 5.60 Å². The largest absolute Gasteiger partial charge is 0.386 e. The van der Waals surface area contributed by atoms with Gasteiger partial charge in [0.2, 0.25) is 5.91 Å². The van der Waals surface area contributed by atoms with Gasteiger partial charge in [0.15, 0.2) is 0 Å². The lowest BCUT2D eigenvalue weighted by molar-refractivity contribution is -0.117. The zero-order valence-electron chi connectivity index (χ0n) is 19.5. The first kappa shape index (κ1) is 21.1. The number of aliphatic hydroxyl groups is 1. The second kappa shape index (κ2) is 7.77. The number of H-pyrrole nitrogens is 1. The van der Waals surface area contributed by atoms with Crippen LogP contribution < -0.4 is 4.90 Å². The van der Waals surface area contributed by atoms with Crippen molar-refractivity contribution in [1.29, 1.82) is 0 Å². The highest BCUT2D eigenvalue weighted by Gasteiger charge is 2.31. The van der Waals surface area contributed by atoms with Crippen molar-refractivity contribution in [2.75, 3.05) is 11.4 Å². The van der Waals surface area contributed by atoms with Crippen LogP contribution in [0.2, 0.25) is 0 Å². The van der Waals surface area contributed by atoms with Gasteiger partial charge in [-0.15, -0.1) is 0 Å². The number of carbonyl (C=O) groups is 1. The Balaban J connectivity index is 1.42. The van der Waals surface area contributed by atoms with Crippen LogP contribution in [0.5, 0.6) is 0 Å². The molecule has 172 valence electrons. The Morgan fingerprint density at radius 3 is 2.47 bits per heavy atom. The Bertz CT molecular complexity index is 1390. The molecule has 0 bridgehead atoms. The highest BCUT2D eigenvalue weighted by atomic mass is 16.3. The number of aromatic nitrogens is 3. The van der Waals surface area contributed by atoms with Crippen LogP contribution in [-0.4, -0.2) is 32.5 Å². The van der Waals surface area contributed by atoms with E-state index in [9.17, 15) is 9.90 Å². The van der Waals surface area contributed by atoms with Crippen LogP contribution >= 0.6 is 0 Å². The molecule has 0 unspecified atom stereocenters. The SMILES string of the molecule is CC(C)(O)c1cnc2[nH]c(C3CC3)c(-c3cncc(-c4ccc(N5CCCC5=O)cc4)c3)c2c1. The van der Waals surface area contributed by atoms with Crippen molar-refractivity contribution in [3.8, 4) is 22.3 Å². The van der Waals surface area contributed by atoms with E-state index >= 15 is 0 Å².